The van der Waals surface area contributed by atoms with Gasteiger partial charge in [0.2, 0.25) is 5.91 Å². The predicted octanol–water partition coefficient (Wildman–Crippen LogP) is 4.96. The van der Waals surface area contributed by atoms with Crippen LogP contribution < -0.4 is 0 Å². The van der Waals surface area contributed by atoms with Crippen molar-refractivity contribution in [3.05, 3.63) is 106 Å². The summed E-state index contributed by atoms with van der Waals surface area (Å²) in [5.41, 5.74) is 3.26. The van der Waals surface area contributed by atoms with Crippen molar-refractivity contribution < 1.29 is 9.18 Å². The molecule has 1 saturated heterocycles. The van der Waals surface area contributed by atoms with E-state index in [2.05, 4.69) is 41.3 Å². The summed E-state index contributed by atoms with van der Waals surface area (Å²) in [4.78, 5) is 17.0. The first kappa shape index (κ1) is 20.6. The minimum atomic E-state index is -0.283. The number of rotatable bonds is 5. The highest BCUT2D eigenvalue weighted by Gasteiger charge is 2.28. The number of halogens is 2. The van der Waals surface area contributed by atoms with Gasteiger partial charge < -0.3 is 4.90 Å². The van der Waals surface area contributed by atoms with Gasteiger partial charge in [-0.05, 0) is 41.0 Å². The minimum Gasteiger partial charge on any atom is -0.340 e. The summed E-state index contributed by atoms with van der Waals surface area (Å²) in [5, 5.41) is 0.724. The Labute approximate surface area is 181 Å². The molecule has 1 aliphatic rings. The Morgan fingerprint density at radius 2 is 1.43 bits per heavy atom. The Bertz CT molecular complexity index is 968. The normalized spacial score (nSPS) is 15.7. The molecule has 30 heavy (non-hydrogen) atoms. The molecule has 0 radical (unpaired) electrons. The molecule has 0 aromatic heterocycles. The van der Waals surface area contributed by atoms with Gasteiger partial charge >= 0.3 is 0 Å². The van der Waals surface area contributed by atoms with Gasteiger partial charge in [-0.3, -0.25) is 9.69 Å². The van der Waals surface area contributed by atoms with Crippen LogP contribution in [0.25, 0.3) is 0 Å². The molecule has 1 fully saturated rings. The van der Waals surface area contributed by atoms with Crippen molar-refractivity contribution >= 4 is 17.5 Å². The Kier molecular flexibility index (Phi) is 6.46. The van der Waals surface area contributed by atoms with E-state index in [-0.39, 0.29) is 17.8 Å². The summed E-state index contributed by atoms with van der Waals surface area (Å²) in [5.74, 6) is -0.196. The van der Waals surface area contributed by atoms with Crippen LogP contribution in [0.4, 0.5) is 4.39 Å². The molecule has 1 atom stereocenters. The molecule has 1 heterocycles. The van der Waals surface area contributed by atoms with E-state index in [0.29, 0.717) is 19.5 Å². The maximum absolute atomic E-state index is 13.1. The summed E-state index contributed by atoms with van der Waals surface area (Å²) in [6, 6.07) is 24.7. The van der Waals surface area contributed by atoms with Crippen LogP contribution in [0.2, 0.25) is 5.02 Å². The molecule has 154 valence electrons. The summed E-state index contributed by atoms with van der Waals surface area (Å²) in [6.07, 6.45) is 0.305. The first-order chi connectivity index (χ1) is 14.6. The van der Waals surface area contributed by atoms with Crippen LogP contribution in [0.15, 0.2) is 78.9 Å². The van der Waals surface area contributed by atoms with Gasteiger partial charge in [0.15, 0.2) is 0 Å². The van der Waals surface area contributed by atoms with Gasteiger partial charge in [-0.25, -0.2) is 4.39 Å². The number of hydrogen-bond acceptors (Lipinski definition) is 2. The molecule has 0 saturated carbocycles. The quantitative estimate of drug-likeness (QED) is 0.580. The molecule has 0 spiro atoms. The van der Waals surface area contributed by atoms with Crippen molar-refractivity contribution in [2.24, 2.45) is 0 Å². The zero-order valence-corrected chi connectivity index (χ0v) is 17.4. The van der Waals surface area contributed by atoms with E-state index in [4.69, 9.17) is 11.6 Å². The number of nitrogens with zero attached hydrogens (tertiary/aromatic N) is 2. The second kappa shape index (κ2) is 9.41. The molecular weight excluding hydrogens is 399 g/mol. The minimum absolute atomic E-state index is 0.0870. The number of carbonyl (C=O) groups excluding carboxylic acids is 1. The molecular formula is C25H24ClFN2O. The lowest BCUT2D eigenvalue weighted by Crippen LogP contribution is -2.50. The zero-order valence-electron chi connectivity index (χ0n) is 16.7. The number of hydrogen-bond donors (Lipinski definition) is 0. The lowest BCUT2D eigenvalue weighted by atomic mass is 9.96. The van der Waals surface area contributed by atoms with Crippen LogP contribution in [0.1, 0.15) is 22.7 Å². The second-order valence-corrected chi connectivity index (χ2v) is 8.02. The Morgan fingerprint density at radius 3 is 2.07 bits per heavy atom. The number of carbonyl (C=O) groups is 1. The third kappa shape index (κ3) is 4.89. The fraction of sp³-hybridized carbons (Fsp3) is 0.240. The number of piperazine rings is 1. The van der Waals surface area contributed by atoms with Gasteiger partial charge in [0, 0.05) is 31.2 Å². The highest BCUT2D eigenvalue weighted by molar-refractivity contribution is 6.30. The molecule has 3 aromatic rings. The fourth-order valence-electron chi connectivity index (χ4n) is 4.01. The topological polar surface area (TPSA) is 23.6 Å². The molecule has 4 rings (SSSR count). The van der Waals surface area contributed by atoms with E-state index < -0.39 is 0 Å². The number of amides is 1. The van der Waals surface area contributed by atoms with Gasteiger partial charge in [0.05, 0.1) is 12.5 Å². The summed E-state index contributed by atoms with van der Waals surface area (Å²) >= 11 is 6.10. The molecule has 0 bridgehead atoms. The first-order valence-corrected chi connectivity index (χ1v) is 10.5. The van der Waals surface area contributed by atoms with Crippen molar-refractivity contribution in [2.45, 2.75) is 12.5 Å². The highest BCUT2D eigenvalue weighted by atomic mass is 35.5. The van der Waals surface area contributed by atoms with Crippen LogP contribution >= 0.6 is 11.6 Å². The molecule has 5 heteroatoms. The van der Waals surface area contributed by atoms with Crippen LogP contribution in [0.3, 0.4) is 0 Å². The van der Waals surface area contributed by atoms with Crippen molar-refractivity contribution in [3.63, 3.8) is 0 Å². The van der Waals surface area contributed by atoms with E-state index >= 15 is 0 Å². The van der Waals surface area contributed by atoms with Crippen LogP contribution in [-0.4, -0.2) is 41.9 Å². The molecule has 1 amide bonds. The lowest BCUT2D eigenvalue weighted by molar-refractivity contribution is -0.132. The van der Waals surface area contributed by atoms with Gasteiger partial charge in [-0.15, -0.1) is 0 Å². The van der Waals surface area contributed by atoms with Crippen molar-refractivity contribution in [1.29, 1.82) is 0 Å². The SMILES string of the molecule is O=C(Cc1ccc(F)cc1)N1CCN([C@@H](c2ccccc2)c2ccc(Cl)cc2)CC1. The van der Waals surface area contributed by atoms with Crippen LogP contribution in [-0.2, 0) is 11.2 Å². The van der Waals surface area contributed by atoms with E-state index in [1.165, 1.54) is 23.3 Å². The Morgan fingerprint density at radius 1 is 0.833 bits per heavy atom. The van der Waals surface area contributed by atoms with E-state index in [1.54, 1.807) is 12.1 Å². The van der Waals surface area contributed by atoms with Crippen LogP contribution in [0, 0.1) is 5.82 Å². The summed E-state index contributed by atoms with van der Waals surface area (Å²) in [7, 11) is 0. The Balaban J connectivity index is 1.45. The van der Waals surface area contributed by atoms with Gasteiger partial charge in [0.1, 0.15) is 5.82 Å². The Hall–Kier alpha value is -2.69. The van der Waals surface area contributed by atoms with Crippen molar-refractivity contribution in [1.82, 2.24) is 9.80 Å². The smallest absolute Gasteiger partial charge is 0.227 e. The second-order valence-electron chi connectivity index (χ2n) is 7.58. The zero-order chi connectivity index (χ0) is 20.9. The van der Waals surface area contributed by atoms with E-state index in [1.807, 2.05) is 23.1 Å². The van der Waals surface area contributed by atoms with Crippen molar-refractivity contribution in [2.75, 3.05) is 26.2 Å². The third-order valence-corrected chi connectivity index (χ3v) is 5.85. The molecule has 0 unspecified atom stereocenters. The molecule has 3 nitrogen and oxygen atoms in total. The average molecular weight is 423 g/mol. The lowest BCUT2D eigenvalue weighted by Gasteiger charge is -2.40. The third-order valence-electron chi connectivity index (χ3n) is 5.60. The molecule has 1 aliphatic heterocycles. The van der Waals surface area contributed by atoms with E-state index in [9.17, 15) is 9.18 Å². The van der Waals surface area contributed by atoms with Gasteiger partial charge in [-0.2, -0.15) is 0 Å². The summed E-state index contributed by atoms with van der Waals surface area (Å²) < 4.78 is 13.1. The van der Waals surface area contributed by atoms with Crippen molar-refractivity contribution in [3.8, 4) is 0 Å². The fourth-order valence-corrected chi connectivity index (χ4v) is 4.14. The monoisotopic (exact) mass is 422 g/mol. The average Bonchev–Trinajstić information content (AvgIpc) is 2.78. The number of benzene rings is 3. The molecule has 3 aromatic carbocycles. The standard InChI is InChI=1S/C25H24ClFN2O/c26-22-10-8-21(9-11-22)25(20-4-2-1-3-5-20)29-16-14-28(15-17-29)24(30)18-19-6-12-23(27)13-7-19/h1-13,25H,14-18H2/t25-/m0/s1. The van der Waals surface area contributed by atoms with Crippen LogP contribution in [0.5, 0.6) is 0 Å². The maximum Gasteiger partial charge on any atom is 0.227 e. The molecule has 0 N–H and O–H groups in total. The van der Waals surface area contributed by atoms with E-state index in [0.717, 1.165) is 23.7 Å². The highest BCUT2D eigenvalue weighted by Crippen LogP contribution is 2.30. The first-order valence-electron chi connectivity index (χ1n) is 10.2. The van der Waals surface area contributed by atoms with Gasteiger partial charge in [0.25, 0.3) is 0 Å². The predicted molar refractivity (Wildman–Crippen MR) is 118 cm³/mol. The molecule has 0 aliphatic carbocycles. The maximum atomic E-state index is 13.1. The largest absolute Gasteiger partial charge is 0.340 e. The summed E-state index contributed by atoms with van der Waals surface area (Å²) in [6.45, 7) is 2.93. The van der Waals surface area contributed by atoms with Gasteiger partial charge in [-0.1, -0.05) is 66.2 Å².